The smallest absolute Gasteiger partial charge is 0.106 e. The third-order valence-electron chi connectivity index (χ3n) is 2.26. The fourth-order valence-corrected chi connectivity index (χ4v) is 1.45. The second kappa shape index (κ2) is 6.85. The molecule has 0 aromatic heterocycles. The van der Waals surface area contributed by atoms with Crippen LogP contribution in [0.2, 0.25) is 0 Å². The summed E-state index contributed by atoms with van der Waals surface area (Å²) in [5.41, 5.74) is 1.25. The Morgan fingerprint density at radius 2 is 2.29 bits per heavy atom. The Labute approximate surface area is 92.2 Å². The summed E-state index contributed by atoms with van der Waals surface area (Å²) in [5.74, 6) is 0. The standard InChI is InChI=1S/C10H18N2O.ClH/c1-9(2)12-6-4-5-10(8-12)7-11-13-3;/h5,7,9H,4,6,8H2,1-3H3;1H/b11-7+;. The van der Waals surface area contributed by atoms with E-state index in [4.69, 9.17) is 0 Å². The molecule has 3 nitrogen and oxygen atoms in total. The van der Waals surface area contributed by atoms with Gasteiger partial charge in [0.25, 0.3) is 0 Å². The molecule has 14 heavy (non-hydrogen) atoms. The van der Waals surface area contributed by atoms with Crippen molar-refractivity contribution in [3.63, 3.8) is 0 Å². The molecule has 0 bridgehead atoms. The van der Waals surface area contributed by atoms with Gasteiger partial charge in [-0.3, -0.25) is 4.90 Å². The van der Waals surface area contributed by atoms with Crippen LogP contribution in [0.15, 0.2) is 16.8 Å². The molecular formula is C10H19ClN2O. The van der Waals surface area contributed by atoms with Gasteiger partial charge in [-0.25, -0.2) is 0 Å². The molecule has 1 aliphatic rings. The predicted octanol–water partition coefficient (Wildman–Crippen LogP) is 2.08. The van der Waals surface area contributed by atoms with Crippen LogP contribution in [-0.2, 0) is 4.84 Å². The summed E-state index contributed by atoms with van der Waals surface area (Å²) in [7, 11) is 1.57. The van der Waals surface area contributed by atoms with Gasteiger partial charge in [0.2, 0.25) is 0 Å². The van der Waals surface area contributed by atoms with Crippen LogP contribution in [-0.4, -0.2) is 37.4 Å². The molecule has 0 aromatic carbocycles. The highest BCUT2D eigenvalue weighted by atomic mass is 35.5. The minimum atomic E-state index is 0. The van der Waals surface area contributed by atoms with Crippen molar-refractivity contribution >= 4 is 18.6 Å². The molecule has 0 radical (unpaired) electrons. The summed E-state index contributed by atoms with van der Waals surface area (Å²) in [4.78, 5) is 7.08. The van der Waals surface area contributed by atoms with Crippen LogP contribution in [0.4, 0.5) is 0 Å². The quantitative estimate of drug-likeness (QED) is 0.535. The van der Waals surface area contributed by atoms with Crippen molar-refractivity contribution in [3.8, 4) is 0 Å². The predicted molar refractivity (Wildman–Crippen MR) is 62.2 cm³/mol. The lowest BCUT2D eigenvalue weighted by Gasteiger charge is -2.29. The Morgan fingerprint density at radius 1 is 1.57 bits per heavy atom. The third kappa shape index (κ3) is 4.11. The lowest BCUT2D eigenvalue weighted by atomic mass is 10.1. The maximum absolute atomic E-state index is 4.65. The molecule has 0 aliphatic carbocycles. The first-order chi connectivity index (χ1) is 6.24. The topological polar surface area (TPSA) is 24.8 Å². The minimum Gasteiger partial charge on any atom is -0.399 e. The summed E-state index contributed by atoms with van der Waals surface area (Å²) in [6, 6.07) is 0.611. The Kier molecular flexibility index (Phi) is 6.58. The molecule has 0 saturated heterocycles. The summed E-state index contributed by atoms with van der Waals surface area (Å²) >= 11 is 0. The van der Waals surface area contributed by atoms with Crippen molar-refractivity contribution in [2.75, 3.05) is 20.2 Å². The first-order valence-corrected chi connectivity index (χ1v) is 4.73. The number of nitrogens with zero attached hydrogens (tertiary/aromatic N) is 2. The molecular weight excluding hydrogens is 200 g/mol. The monoisotopic (exact) mass is 218 g/mol. The first-order valence-electron chi connectivity index (χ1n) is 4.73. The largest absolute Gasteiger partial charge is 0.399 e. The average Bonchev–Trinajstić information content (AvgIpc) is 2.15. The van der Waals surface area contributed by atoms with Crippen molar-refractivity contribution in [3.05, 3.63) is 11.6 Å². The maximum Gasteiger partial charge on any atom is 0.106 e. The molecule has 0 spiro atoms. The fourth-order valence-electron chi connectivity index (χ4n) is 1.45. The van der Waals surface area contributed by atoms with Gasteiger partial charge in [-0.05, 0) is 25.8 Å². The SMILES string of the molecule is CO/N=C/C1=CCCN(C(C)C)C1.Cl. The average molecular weight is 219 g/mol. The summed E-state index contributed by atoms with van der Waals surface area (Å²) in [6.45, 7) is 6.58. The molecule has 4 heteroatoms. The molecule has 0 N–H and O–H groups in total. The third-order valence-corrected chi connectivity index (χ3v) is 2.26. The van der Waals surface area contributed by atoms with E-state index >= 15 is 0 Å². The lowest BCUT2D eigenvalue weighted by molar-refractivity contribution is 0.213. The van der Waals surface area contributed by atoms with Crippen LogP contribution in [0.25, 0.3) is 0 Å². The van der Waals surface area contributed by atoms with Crippen LogP contribution in [0.3, 0.4) is 0 Å². The Morgan fingerprint density at radius 3 is 2.86 bits per heavy atom. The van der Waals surface area contributed by atoms with E-state index < -0.39 is 0 Å². The van der Waals surface area contributed by atoms with Gasteiger partial charge in [0.15, 0.2) is 0 Å². The van der Waals surface area contributed by atoms with Gasteiger partial charge in [-0.15, -0.1) is 12.4 Å². The molecule has 1 aliphatic heterocycles. The van der Waals surface area contributed by atoms with Gasteiger partial charge in [-0.1, -0.05) is 11.2 Å². The molecule has 1 heterocycles. The molecule has 0 aromatic rings. The maximum atomic E-state index is 4.65. The zero-order chi connectivity index (χ0) is 9.68. The van der Waals surface area contributed by atoms with Crippen LogP contribution >= 0.6 is 12.4 Å². The van der Waals surface area contributed by atoms with Crippen LogP contribution in [0.1, 0.15) is 20.3 Å². The van der Waals surface area contributed by atoms with Crippen LogP contribution in [0, 0.1) is 0 Å². The Bertz CT molecular complexity index is 214. The van der Waals surface area contributed by atoms with E-state index in [1.165, 1.54) is 5.57 Å². The Hall–Kier alpha value is -0.540. The van der Waals surface area contributed by atoms with E-state index in [9.17, 15) is 0 Å². The normalized spacial score (nSPS) is 18.1. The first kappa shape index (κ1) is 13.5. The second-order valence-corrected chi connectivity index (χ2v) is 3.55. The van der Waals surface area contributed by atoms with Gasteiger partial charge in [0, 0.05) is 19.1 Å². The van der Waals surface area contributed by atoms with Gasteiger partial charge in [-0.2, -0.15) is 0 Å². The van der Waals surface area contributed by atoms with Crippen LogP contribution < -0.4 is 0 Å². The number of halogens is 1. The van der Waals surface area contributed by atoms with E-state index in [2.05, 4.69) is 34.8 Å². The second-order valence-electron chi connectivity index (χ2n) is 3.55. The van der Waals surface area contributed by atoms with Gasteiger partial charge in [0.1, 0.15) is 7.11 Å². The van der Waals surface area contributed by atoms with Gasteiger partial charge >= 0.3 is 0 Å². The van der Waals surface area contributed by atoms with Crippen LogP contribution in [0.5, 0.6) is 0 Å². The molecule has 0 unspecified atom stereocenters. The minimum absolute atomic E-state index is 0. The van der Waals surface area contributed by atoms with E-state index in [1.807, 2.05) is 0 Å². The van der Waals surface area contributed by atoms with Gasteiger partial charge < -0.3 is 4.84 Å². The fraction of sp³-hybridized carbons (Fsp3) is 0.700. The summed E-state index contributed by atoms with van der Waals surface area (Å²) in [6.07, 6.45) is 5.14. The van der Waals surface area contributed by atoms with Crippen molar-refractivity contribution in [2.24, 2.45) is 5.16 Å². The van der Waals surface area contributed by atoms with E-state index in [0.29, 0.717) is 6.04 Å². The van der Waals surface area contributed by atoms with Gasteiger partial charge in [0.05, 0.1) is 6.21 Å². The van der Waals surface area contributed by atoms with Crippen molar-refractivity contribution in [2.45, 2.75) is 26.3 Å². The number of hydrogen-bond acceptors (Lipinski definition) is 3. The molecule has 82 valence electrons. The lowest BCUT2D eigenvalue weighted by Crippen LogP contribution is -2.36. The van der Waals surface area contributed by atoms with E-state index in [0.717, 1.165) is 19.5 Å². The number of rotatable bonds is 3. The highest BCUT2D eigenvalue weighted by molar-refractivity contribution is 5.85. The zero-order valence-corrected chi connectivity index (χ0v) is 9.88. The number of oxime groups is 1. The van der Waals surface area contributed by atoms with Crippen molar-refractivity contribution in [1.29, 1.82) is 0 Å². The molecule has 0 atom stereocenters. The molecule has 0 saturated carbocycles. The summed E-state index contributed by atoms with van der Waals surface area (Å²) < 4.78 is 0. The van der Waals surface area contributed by atoms with E-state index in [-0.39, 0.29) is 12.4 Å². The molecule has 0 amide bonds. The van der Waals surface area contributed by atoms with Crippen molar-refractivity contribution < 1.29 is 4.84 Å². The zero-order valence-electron chi connectivity index (χ0n) is 9.06. The van der Waals surface area contributed by atoms with E-state index in [1.54, 1.807) is 13.3 Å². The molecule has 1 rings (SSSR count). The molecule has 0 fully saturated rings. The highest BCUT2D eigenvalue weighted by Gasteiger charge is 2.13. The number of hydrogen-bond donors (Lipinski definition) is 0. The summed E-state index contributed by atoms with van der Waals surface area (Å²) in [5, 5.41) is 3.77. The van der Waals surface area contributed by atoms with Crippen molar-refractivity contribution in [1.82, 2.24) is 4.90 Å². The highest BCUT2D eigenvalue weighted by Crippen LogP contribution is 2.10. The Balaban J connectivity index is 0.00000169.